The van der Waals surface area contributed by atoms with Gasteiger partial charge in [-0.3, -0.25) is 4.79 Å². The zero-order valence-corrected chi connectivity index (χ0v) is 17.9. The van der Waals surface area contributed by atoms with Crippen LogP contribution in [-0.4, -0.2) is 35.8 Å². The molecular formula is C21H29F3N2O4. The van der Waals surface area contributed by atoms with E-state index in [1.807, 2.05) is 0 Å². The van der Waals surface area contributed by atoms with Crippen LogP contribution in [0.15, 0.2) is 24.3 Å². The molecule has 1 fully saturated rings. The van der Waals surface area contributed by atoms with Crippen LogP contribution < -0.4 is 15.4 Å². The summed E-state index contributed by atoms with van der Waals surface area (Å²) in [5.41, 5.74) is -2.37. The molecule has 2 N–H and O–H groups in total. The molecule has 0 saturated heterocycles. The number of carbonyl (C=O) groups excluding carboxylic acids is 2. The summed E-state index contributed by atoms with van der Waals surface area (Å²) in [6, 6.07) is 4.75. The predicted octanol–water partition coefficient (Wildman–Crippen LogP) is 4.28. The summed E-state index contributed by atoms with van der Waals surface area (Å²) in [5.74, 6) is -0.828. The van der Waals surface area contributed by atoms with Gasteiger partial charge < -0.3 is 20.1 Å². The van der Waals surface area contributed by atoms with Crippen LogP contribution >= 0.6 is 0 Å². The number of halogens is 3. The van der Waals surface area contributed by atoms with Crippen molar-refractivity contribution in [2.75, 3.05) is 6.54 Å². The van der Waals surface area contributed by atoms with Crippen molar-refractivity contribution in [3.63, 3.8) is 0 Å². The SMILES string of the molecule is CC(Oc1ccccc1C(F)(F)F)C(=O)NC(C)(CNC(=O)OC(C)(C)C)C1CC1. The van der Waals surface area contributed by atoms with E-state index in [-0.39, 0.29) is 12.5 Å². The van der Waals surface area contributed by atoms with E-state index in [1.165, 1.54) is 25.1 Å². The Bertz CT molecular complexity index is 772. The van der Waals surface area contributed by atoms with Crippen LogP contribution in [0.5, 0.6) is 5.75 Å². The third-order valence-electron chi connectivity index (χ3n) is 4.75. The minimum atomic E-state index is -4.59. The van der Waals surface area contributed by atoms with Crippen molar-refractivity contribution < 1.29 is 32.2 Å². The second-order valence-electron chi connectivity index (χ2n) is 8.79. The maximum atomic E-state index is 13.1. The van der Waals surface area contributed by atoms with E-state index < -0.39 is 46.7 Å². The van der Waals surface area contributed by atoms with Crippen molar-refractivity contribution in [1.82, 2.24) is 10.6 Å². The second kappa shape index (κ2) is 8.73. The van der Waals surface area contributed by atoms with E-state index in [1.54, 1.807) is 27.7 Å². The van der Waals surface area contributed by atoms with Crippen LogP contribution in [0.3, 0.4) is 0 Å². The molecule has 0 aliphatic heterocycles. The molecule has 1 aromatic rings. The molecule has 6 nitrogen and oxygen atoms in total. The number of ether oxygens (including phenoxy) is 2. The van der Waals surface area contributed by atoms with Gasteiger partial charge in [0.05, 0.1) is 11.1 Å². The van der Waals surface area contributed by atoms with Gasteiger partial charge in [0, 0.05) is 6.54 Å². The molecule has 2 unspecified atom stereocenters. The Labute approximate surface area is 174 Å². The lowest BCUT2D eigenvalue weighted by Gasteiger charge is -2.33. The summed E-state index contributed by atoms with van der Waals surface area (Å²) >= 11 is 0. The molecule has 0 bridgehead atoms. The molecule has 30 heavy (non-hydrogen) atoms. The average molecular weight is 430 g/mol. The topological polar surface area (TPSA) is 76.7 Å². The summed E-state index contributed by atoms with van der Waals surface area (Å²) in [4.78, 5) is 24.6. The van der Waals surface area contributed by atoms with E-state index in [2.05, 4.69) is 10.6 Å². The second-order valence-corrected chi connectivity index (χ2v) is 8.79. The Hall–Kier alpha value is -2.45. The Kier molecular flexibility index (Phi) is 6.94. The maximum absolute atomic E-state index is 13.1. The standard InChI is InChI=1S/C21H29F3N2O4/c1-13(29-16-9-7-6-8-15(16)21(22,23)24)17(27)26-20(5,14-10-11-14)12-25-18(28)30-19(2,3)4/h6-9,13-14H,10-12H2,1-5H3,(H,25,28)(H,26,27). The molecule has 0 heterocycles. The number of para-hydroxylation sites is 1. The lowest BCUT2D eigenvalue weighted by atomic mass is 9.95. The zero-order valence-electron chi connectivity index (χ0n) is 17.9. The molecule has 1 aromatic carbocycles. The Balaban J connectivity index is 2.02. The Morgan fingerprint density at radius 1 is 1.13 bits per heavy atom. The zero-order chi connectivity index (χ0) is 22.7. The predicted molar refractivity (Wildman–Crippen MR) is 105 cm³/mol. The van der Waals surface area contributed by atoms with Gasteiger partial charge in [-0.2, -0.15) is 13.2 Å². The average Bonchev–Trinajstić information content (AvgIpc) is 3.43. The monoisotopic (exact) mass is 430 g/mol. The third kappa shape index (κ3) is 6.81. The van der Waals surface area contributed by atoms with Crippen molar-refractivity contribution >= 4 is 12.0 Å². The number of amides is 2. The minimum Gasteiger partial charge on any atom is -0.480 e. The fourth-order valence-corrected chi connectivity index (χ4v) is 3.01. The first kappa shape index (κ1) is 23.8. The Morgan fingerprint density at radius 3 is 2.27 bits per heavy atom. The van der Waals surface area contributed by atoms with Crippen LogP contribution in [0.1, 0.15) is 53.0 Å². The number of hydrogen-bond acceptors (Lipinski definition) is 4. The summed E-state index contributed by atoms with van der Waals surface area (Å²) in [6.07, 6.45) is -4.61. The fraction of sp³-hybridized carbons (Fsp3) is 0.619. The minimum absolute atomic E-state index is 0.129. The molecule has 2 atom stereocenters. The number of carbonyl (C=O) groups is 2. The van der Waals surface area contributed by atoms with Gasteiger partial charge in [-0.1, -0.05) is 12.1 Å². The van der Waals surface area contributed by atoms with E-state index in [0.717, 1.165) is 18.9 Å². The lowest BCUT2D eigenvalue weighted by molar-refractivity contribution is -0.141. The van der Waals surface area contributed by atoms with Crippen molar-refractivity contribution in [3.05, 3.63) is 29.8 Å². The fourth-order valence-electron chi connectivity index (χ4n) is 3.01. The maximum Gasteiger partial charge on any atom is 0.419 e. The summed E-state index contributed by atoms with van der Waals surface area (Å²) < 4.78 is 50.0. The van der Waals surface area contributed by atoms with Crippen molar-refractivity contribution in [2.24, 2.45) is 5.92 Å². The first-order valence-corrected chi connectivity index (χ1v) is 9.83. The van der Waals surface area contributed by atoms with Gasteiger partial charge in [0.15, 0.2) is 6.10 Å². The highest BCUT2D eigenvalue weighted by atomic mass is 19.4. The van der Waals surface area contributed by atoms with E-state index in [0.29, 0.717) is 0 Å². The number of nitrogens with one attached hydrogen (secondary N) is 2. The molecule has 0 spiro atoms. The summed E-state index contributed by atoms with van der Waals surface area (Å²) in [7, 11) is 0. The molecule has 9 heteroatoms. The summed E-state index contributed by atoms with van der Waals surface area (Å²) in [6.45, 7) is 8.53. The van der Waals surface area contributed by atoms with Gasteiger partial charge in [-0.15, -0.1) is 0 Å². The number of benzene rings is 1. The molecule has 0 radical (unpaired) electrons. The van der Waals surface area contributed by atoms with Gasteiger partial charge in [0.25, 0.3) is 5.91 Å². The first-order valence-electron chi connectivity index (χ1n) is 9.83. The van der Waals surface area contributed by atoms with E-state index in [9.17, 15) is 22.8 Å². The molecule has 2 amide bonds. The third-order valence-corrected chi connectivity index (χ3v) is 4.75. The van der Waals surface area contributed by atoms with Gasteiger partial charge in [-0.05, 0) is 65.5 Å². The largest absolute Gasteiger partial charge is 0.480 e. The van der Waals surface area contributed by atoms with Crippen LogP contribution in [-0.2, 0) is 15.7 Å². The van der Waals surface area contributed by atoms with Crippen LogP contribution in [0.2, 0.25) is 0 Å². The van der Waals surface area contributed by atoms with Crippen LogP contribution in [0.25, 0.3) is 0 Å². The van der Waals surface area contributed by atoms with E-state index >= 15 is 0 Å². The molecule has 168 valence electrons. The normalized spacial score (nSPS) is 17.5. The van der Waals surface area contributed by atoms with Gasteiger partial charge >= 0.3 is 12.3 Å². The van der Waals surface area contributed by atoms with Crippen molar-refractivity contribution in [2.45, 2.75) is 70.9 Å². The smallest absolute Gasteiger partial charge is 0.419 e. The molecular weight excluding hydrogens is 401 g/mol. The number of rotatable bonds is 7. The van der Waals surface area contributed by atoms with Crippen molar-refractivity contribution in [1.29, 1.82) is 0 Å². The Morgan fingerprint density at radius 2 is 1.73 bits per heavy atom. The molecule has 1 aliphatic carbocycles. The van der Waals surface area contributed by atoms with Crippen LogP contribution in [0.4, 0.5) is 18.0 Å². The lowest BCUT2D eigenvalue weighted by Crippen LogP contribution is -2.58. The van der Waals surface area contributed by atoms with E-state index in [4.69, 9.17) is 9.47 Å². The number of alkyl carbamates (subject to hydrolysis) is 1. The summed E-state index contributed by atoms with van der Waals surface area (Å²) in [5, 5.41) is 5.49. The quantitative estimate of drug-likeness (QED) is 0.677. The van der Waals surface area contributed by atoms with Crippen molar-refractivity contribution in [3.8, 4) is 5.75 Å². The molecule has 2 rings (SSSR count). The number of alkyl halides is 3. The highest BCUT2D eigenvalue weighted by Gasteiger charge is 2.44. The molecule has 1 saturated carbocycles. The highest BCUT2D eigenvalue weighted by Crippen LogP contribution is 2.40. The molecule has 1 aliphatic rings. The molecule has 0 aromatic heterocycles. The van der Waals surface area contributed by atoms with Gasteiger partial charge in [-0.25, -0.2) is 4.79 Å². The van der Waals surface area contributed by atoms with Gasteiger partial charge in [0.1, 0.15) is 11.4 Å². The number of hydrogen-bond donors (Lipinski definition) is 2. The van der Waals surface area contributed by atoms with Crippen LogP contribution in [0, 0.1) is 5.92 Å². The first-order chi connectivity index (χ1) is 13.7. The highest BCUT2D eigenvalue weighted by molar-refractivity contribution is 5.81. The van der Waals surface area contributed by atoms with Gasteiger partial charge in [0.2, 0.25) is 0 Å².